The van der Waals surface area contributed by atoms with E-state index in [2.05, 4.69) is 9.55 Å². The van der Waals surface area contributed by atoms with E-state index in [1.54, 1.807) is 0 Å². The maximum Gasteiger partial charge on any atom is 0.141 e. The molecule has 100 valence electrons. The molecule has 0 saturated heterocycles. The maximum absolute atomic E-state index is 13.4. The predicted octanol–water partition coefficient (Wildman–Crippen LogP) is 3.76. The number of nitrogens with two attached hydrogens (primary N) is 1. The van der Waals surface area contributed by atoms with Gasteiger partial charge in [-0.25, -0.2) is 9.37 Å². The molecular formula is C16H14FN3. The Labute approximate surface area is 115 Å². The van der Waals surface area contributed by atoms with Gasteiger partial charge in [-0.2, -0.15) is 0 Å². The van der Waals surface area contributed by atoms with Gasteiger partial charge < -0.3 is 10.3 Å². The summed E-state index contributed by atoms with van der Waals surface area (Å²) in [5.41, 5.74) is 9.19. The van der Waals surface area contributed by atoms with Gasteiger partial charge in [0.25, 0.3) is 0 Å². The topological polar surface area (TPSA) is 43.8 Å². The summed E-state index contributed by atoms with van der Waals surface area (Å²) in [4.78, 5) is 4.62. The van der Waals surface area contributed by atoms with E-state index >= 15 is 0 Å². The van der Waals surface area contributed by atoms with E-state index in [0.29, 0.717) is 11.6 Å². The maximum atomic E-state index is 13.4. The first kappa shape index (κ1) is 11.5. The first-order chi connectivity index (χ1) is 9.72. The summed E-state index contributed by atoms with van der Waals surface area (Å²) in [5.74, 6) is 0.648. The van der Waals surface area contributed by atoms with Crippen LogP contribution in [0.2, 0.25) is 0 Å². The van der Waals surface area contributed by atoms with Gasteiger partial charge in [-0.05, 0) is 49.2 Å². The standard InChI is InChI=1S/C16H14FN3/c17-11-3-8-15-14(9-11)19-16(20(15)13-6-7-13)10-1-4-12(18)5-2-10/h1-5,8-9,13H,6-7,18H2. The Kier molecular flexibility index (Phi) is 2.33. The molecule has 1 aliphatic carbocycles. The highest BCUT2D eigenvalue weighted by molar-refractivity contribution is 5.81. The van der Waals surface area contributed by atoms with E-state index < -0.39 is 0 Å². The minimum absolute atomic E-state index is 0.248. The number of fused-ring (bicyclic) bond motifs is 1. The molecule has 20 heavy (non-hydrogen) atoms. The van der Waals surface area contributed by atoms with Crippen LogP contribution in [0.25, 0.3) is 22.4 Å². The number of halogens is 1. The quantitative estimate of drug-likeness (QED) is 0.718. The minimum atomic E-state index is -0.248. The molecule has 3 nitrogen and oxygen atoms in total. The lowest BCUT2D eigenvalue weighted by atomic mass is 10.2. The van der Waals surface area contributed by atoms with Crippen LogP contribution < -0.4 is 5.73 Å². The second-order valence-electron chi connectivity index (χ2n) is 5.29. The van der Waals surface area contributed by atoms with Crippen molar-refractivity contribution in [3.63, 3.8) is 0 Å². The summed E-state index contributed by atoms with van der Waals surface area (Å²) < 4.78 is 15.6. The van der Waals surface area contributed by atoms with Gasteiger partial charge in [0.05, 0.1) is 11.0 Å². The van der Waals surface area contributed by atoms with E-state index in [4.69, 9.17) is 5.73 Å². The molecule has 0 unspecified atom stereocenters. The number of anilines is 1. The molecule has 2 N–H and O–H groups in total. The van der Waals surface area contributed by atoms with Crippen molar-refractivity contribution in [1.82, 2.24) is 9.55 Å². The molecule has 1 fully saturated rings. The van der Waals surface area contributed by atoms with E-state index in [0.717, 1.165) is 35.4 Å². The largest absolute Gasteiger partial charge is 0.399 e. The summed E-state index contributed by atoms with van der Waals surface area (Å²) in [7, 11) is 0. The van der Waals surface area contributed by atoms with Crippen LogP contribution in [0.4, 0.5) is 10.1 Å². The summed E-state index contributed by atoms with van der Waals surface area (Å²) >= 11 is 0. The molecule has 1 heterocycles. The smallest absolute Gasteiger partial charge is 0.141 e. The Morgan fingerprint density at radius 1 is 1.10 bits per heavy atom. The first-order valence-corrected chi connectivity index (χ1v) is 6.76. The van der Waals surface area contributed by atoms with Crippen molar-refractivity contribution in [2.45, 2.75) is 18.9 Å². The van der Waals surface area contributed by atoms with Crippen LogP contribution in [0.5, 0.6) is 0 Å². The fourth-order valence-corrected chi connectivity index (χ4v) is 2.61. The van der Waals surface area contributed by atoms with Crippen LogP contribution in [0, 0.1) is 5.82 Å². The average Bonchev–Trinajstić information content (AvgIpc) is 3.20. The molecule has 0 radical (unpaired) electrons. The molecule has 0 amide bonds. The fourth-order valence-electron chi connectivity index (χ4n) is 2.61. The molecule has 2 aromatic carbocycles. The van der Waals surface area contributed by atoms with Crippen molar-refractivity contribution in [1.29, 1.82) is 0 Å². The zero-order valence-electron chi connectivity index (χ0n) is 10.9. The molecule has 0 atom stereocenters. The Balaban J connectivity index is 1.97. The molecule has 0 aliphatic heterocycles. The van der Waals surface area contributed by atoms with Crippen LogP contribution in [-0.2, 0) is 0 Å². The van der Waals surface area contributed by atoms with Gasteiger partial charge >= 0.3 is 0 Å². The van der Waals surface area contributed by atoms with Crippen LogP contribution in [-0.4, -0.2) is 9.55 Å². The molecule has 0 bridgehead atoms. The van der Waals surface area contributed by atoms with E-state index in [-0.39, 0.29) is 5.82 Å². The lowest BCUT2D eigenvalue weighted by molar-refractivity contribution is 0.629. The van der Waals surface area contributed by atoms with E-state index in [1.807, 2.05) is 30.3 Å². The molecule has 1 aliphatic rings. The first-order valence-electron chi connectivity index (χ1n) is 6.76. The van der Waals surface area contributed by atoms with Crippen molar-refractivity contribution in [3.05, 3.63) is 48.3 Å². The second-order valence-corrected chi connectivity index (χ2v) is 5.29. The minimum Gasteiger partial charge on any atom is -0.399 e. The van der Waals surface area contributed by atoms with Crippen LogP contribution in [0.15, 0.2) is 42.5 Å². The highest BCUT2D eigenvalue weighted by Gasteiger charge is 2.28. The monoisotopic (exact) mass is 267 g/mol. The number of hydrogen-bond donors (Lipinski definition) is 1. The number of benzene rings is 2. The van der Waals surface area contributed by atoms with E-state index in [9.17, 15) is 4.39 Å². The fraction of sp³-hybridized carbons (Fsp3) is 0.188. The predicted molar refractivity (Wildman–Crippen MR) is 77.8 cm³/mol. The Hall–Kier alpha value is -2.36. The zero-order chi connectivity index (χ0) is 13.7. The number of nitrogen functional groups attached to an aromatic ring is 1. The van der Waals surface area contributed by atoms with Gasteiger partial charge in [0, 0.05) is 23.4 Å². The Morgan fingerprint density at radius 2 is 1.85 bits per heavy atom. The van der Waals surface area contributed by atoms with Crippen molar-refractivity contribution in [2.75, 3.05) is 5.73 Å². The van der Waals surface area contributed by atoms with Crippen molar-refractivity contribution >= 4 is 16.7 Å². The second kappa shape index (κ2) is 4.07. The lowest BCUT2D eigenvalue weighted by Crippen LogP contribution is -1.97. The molecule has 3 aromatic rings. The Bertz CT molecular complexity index is 785. The van der Waals surface area contributed by atoms with Crippen LogP contribution in [0.1, 0.15) is 18.9 Å². The van der Waals surface area contributed by atoms with Crippen molar-refractivity contribution in [3.8, 4) is 11.4 Å². The van der Waals surface area contributed by atoms with Gasteiger partial charge in [0.1, 0.15) is 11.6 Å². The molecule has 4 rings (SSSR count). The van der Waals surface area contributed by atoms with Gasteiger partial charge in [-0.15, -0.1) is 0 Å². The molecule has 4 heteroatoms. The van der Waals surface area contributed by atoms with Gasteiger partial charge in [0.2, 0.25) is 0 Å². The number of hydrogen-bond acceptors (Lipinski definition) is 2. The van der Waals surface area contributed by atoms with Crippen LogP contribution >= 0.6 is 0 Å². The van der Waals surface area contributed by atoms with Crippen molar-refractivity contribution < 1.29 is 4.39 Å². The van der Waals surface area contributed by atoms with Gasteiger partial charge in [-0.3, -0.25) is 0 Å². The average molecular weight is 267 g/mol. The third-order valence-electron chi connectivity index (χ3n) is 3.73. The molecule has 0 spiro atoms. The summed E-state index contributed by atoms with van der Waals surface area (Å²) in [5, 5.41) is 0. The summed E-state index contributed by atoms with van der Waals surface area (Å²) in [6.07, 6.45) is 2.32. The lowest BCUT2D eigenvalue weighted by Gasteiger charge is -2.07. The molecule has 1 saturated carbocycles. The van der Waals surface area contributed by atoms with E-state index in [1.165, 1.54) is 12.1 Å². The summed E-state index contributed by atoms with van der Waals surface area (Å²) in [6, 6.07) is 13.0. The van der Waals surface area contributed by atoms with Gasteiger partial charge in [-0.1, -0.05) is 0 Å². The number of aromatic nitrogens is 2. The zero-order valence-corrected chi connectivity index (χ0v) is 10.9. The Morgan fingerprint density at radius 3 is 2.55 bits per heavy atom. The highest BCUT2D eigenvalue weighted by Crippen LogP contribution is 2.41. The normalized spacial score (nSPS) is 14.8. The van der Waals surface area contributed by atoms with Gasteiger partial charge in [0.15, 0.2) is 0 Å². The third kappa shape index (κ3) is 1.76. The number of nitrogens with zero attached hydrogens (tertiary/aromatic N) is 2. The summed E-state index contributed by atoms with van der Waals surface area (Å²) in [6.45, 7) is 0. The van der Waals surface area contributed by atoms with Crippen LogP contribution in [0.3, 0.4) is 0 Å². The SMILES string of the molecule is Nc1ccc(-c2nc3cc(F)ccc3n2C2CC2)cc1. The molecule has 1 aromatic heterocycles. The number of rotatable bonds is 2. The molecular weight excluding hydrogens is 253 g/mol. The number of imidazole rings is 1. The highest BCUT2D eigenvalue weighted by atomic mass is 19.1. The third-order valence-corrected chi connectivity index (χ3v) is 3.73. The van der Waals surface area contributed by atoms with Crippen molar-refractivity contribution in [2.24, 2.45) is 0 Å².